The molecule has 21 heavy (non-hydrogen) atoms. The van der Waals surface area contributed by atoms with Gasteiger partial charge in [0.1, 0.15) is 0 Å². The Bertz CT molecular complexity index is 653. The van der Waals surface area contributed by atoms with Gasteiger partial charge in [0.2, 0.25) is 10.0 Å². The van der Waals surface area contributed by atoms with Crippen LogP contribution in [-0.2, 0) is 10.0 Å². The van der Waals surface area contributed by atoms with E-state index in [0.29, 0.717) is 17.7 Å². The molecule has 0 aliphatic heterocycles. The smallest absolute Gasteiger partial charge is 0.211 e. The summed E-state index contributed by atoms with van der Waals surface area (Å²) in [5.74, 6) is 0. The standard InChI is InChI=1S/C16H22N2O2S/c1-13-10-15(7-6-14(13)11-17)21(19,20)18-12-16(2)8-4-3-5-9-16/h6-7,10,18H,3-5,8-9,12H2,1-2H3. The largest absolute Gasteiger partial charge is 0.240 e. The summed E-state index contributed by atoms with van der Waals surface area (Å²) in [5.41, 5.74) is 1.25. The molecule has 0 saturated heterocycles. The van der Waals surface area contributed by atoms with Gasteiger partial charge in [-0.15, -0.1) is 0 Å². The summed E-state index contributed by atoms with van der Waals surface area (Å²) < 4.78 is 27.5. The Morgan fingerprint density at radius 3 is 2.52 bits per heavy atom. The number of nitrogens with zero attached hydrogens (tertiary/aromatic N) is 1. The number of nitriles is 1. The van der Waals surface area contributed by atoms with Crippen molar-refractivity contribution in [2.24, 2.45) is 5.41 Å². The maximum Gasteiger partial charge on any atom is 0.240 e. The van der Waals surface area contributed by atoms with Gasteiger partial charge in [-0.25, -0.2) is 13.1 Å². The first-order valence-corrected chi connectivity index (χ1v) is 8.85. The van der Waals surface area contributed by atoms with Crippen molar-refractivity contribution in [3.05, 3.63) is 29.3 Å². The molecule has 0 heterocycles. The number of nitrogens with one attached hydrogen (secondary N) is 1. The van der Waals surface area contributed by atoms with Crippen molar-refractivity contribution in [1.82, 2.24) is 4.72 Å². The van der Waals surface area contributed by atoms with Gasteiger partial charge in [0.25, 0.3) is 0 Å². The zero-order chi connectivity index (χ0) is 15.5. The van der Waals surface area contributed by atoms with Gasteiger partial charge in [-0.1, -0.05) is 26.2 Å². The van der Waals surface area contributed by atoms with E-state index in [9.17, 15) is 8.42 Å². The molecule has 0 radical (unpaired) electrons. The van der Waals surface area contributed by atoms with E-state index in [1.54, 1.807) is 19.1 Å². The minimum atomic E-state index is -3.50. The Morgan fingerprint density at radius 1 is 1.29 bits per heavy atom. The van der Waals surface area contributed by atoms with E-state index >= 15 is 0 Å². The molecule has 0 amide bonds. The molecule has 1 aliphatic carbocycles. The lowest BCUT2D eigenvalue weighted by Gasteiger charge is -2.33. The van der Waals surface area contributed by atoms with E-state index in [-0.39, 0.29) is 10.3 Å². The summed E-state index contributed by atoms with van der Waals surface area (Å²) in [6.45, 7) is 4.38. The van der Waals surface area contributed by atoms with Crippen LogP contribution in [0.15, 0.2) is 23.1 Å². The predicted octanol–water partition coefficient (Wildman–Crippen LogP) is 3.12. The fourth-order valence-electron chi connectivity index (χ4n) is 2.86. The van der Waals surface area contributed by atoms with Crippen molar-refractivity contribution in [1.29, 1.82) is 5.26 Å². The number of sulfonamides is 1. The van der Waals surface area contributed by atoms with Gasteiger partial charge in [0, 0.05) is 6.54 Å². The highest BCUT2D eigenvalue weighted by molar-refractivity contribution is 7.89. The number of aryl methyl sites for hydroxylation is 1. The molecule has 1 aromatic carbocycles. The van der Waals surface area contributed by atoms with E-state index < -0.39 is 10.0 Å². The van der Waals surface area contributed by atoms with Crippen LogP contribution in [0, 0.1) is 23.7 Å². The molecule has 0 unspecified atom stereocenters. The molecule has 5 heteroatoms. The second-order valence-electron chi connectivity index (χ2n) is 6.28. The van der Waals surface area contributed by atoms with E-state index in [4.69, 9.17) is 5.26 Å². The summed E-state index contributed by atoms with van der Waals surface area (Å²) >= 11 is 0. The van der Waals surface area contributed by atoms with E-state index in [2.05, 4.69) is 11.6 Å². The van der Waals surface area contributed by atoms with Crippen molar-refractivity contribution in [2.75, 3.05) is 6.54 Å². The third-order valence-corrected chi connectivity index (χ3v) is 5.78. The zero-order valence-electron chi connectivity index (χ0n) is 12.6. The Labute approximate surface area is 127 Å². The molecule has 0 aromatic heterocycles. The quantitative estimate of drug-likeness (QED) is 0.929. The van der Waals surface area contributed by atoms with Crippen LogP contribution in [0.1, 0.15) is 50.2 Å². The summed E-state index contributed by atoms with van der Waals surface area (Å²) in [4.78, 5) is 0.235. The van der Waals surface area contributed by atoms with Gasteiger partial charge in [-0.2, -0.15) is 5.26 Å². The molecule has 114 valence electrons. The number of hydrogen-bond donors (Lipinski definition) is 1. The zero-order valence-corrected chi connectivity index (χ0v) is 13.5. The lowest BCUT2D eigenvalue weighted by molar-refractivity contribution is 0.219. The first-order chi connectivity index (χ1) is 9.86. The van der Waals surface area contributed by atoms with Crippen molar-refractivity contribution < 1.29 is 8.42 Å². The normalized spacial score (nSPS) is 18.1. The average molecular weight is 306 g/mol. The molecule has 2 rings (SSSR count). The predicted molar refractivity (Wildman–Crippen MR) is 82.3 cm³/mol. The molecule has 0 bridgehead atoms. The second kappa shape index (κ2) is 6.17. The number of rotatable bonds is 4. The van der Waals surface area contributed by atoms with Gasteiger partial charge < -0.3 is 0 Å². The van der Waals surface area contributed by atoms with Gasteiger partial charge >= 0.3 is 0 Å². The fraction of sp³-hybridized carbons (Fsp3) is 0.562. The number of hydrogen-bond acceptors (Lipinski definition) is 3. The van der Waals surface area contributed by atoms with Gasteiger partial charge in [0.15, 0.2) is 0 Å². The molecule has 0 spiro atoms. The Kier molecular flexibility index (Phi) is 4.70. The van der Waals surface area contributed by atoms with Crippen molar-refractivity contribution >= 4 is 10.0 Å². The Hall–Kier alpha value is -1.38. The van der Waals surface area contributed by atoms with E-state index in [0.717, 1.165) is 12.8 Å². The molecule has 4 nitrogen and oxygen atoms in total. The Balaban J connectivity index is 2.11. The maximum absolute atomic E-state index is 12.4. The van der Waals surface area contributed by atoms with Gasteiger partial charge in [0.05, 0.1) is 16.5 Å². The molecule has 1 aromatic rings. The van der Waals surface area contributed by atoms with Crippen LogP contribution in [0.25, 0.3) is 0 Å². The lowest BCUT2D eigenvalue weighted by atomic mass is 9.76. The second-order valence-corrected chi connectivity index (χ2v) is 8.05. The Morgan fingerprint density at radius 2 is 1.95 bits per heavy atom. The SMILES string of the molecule is Cc1cc(S(=O)(=O)NCC2(C)CCCCC2)ccc1C#N. The van der Waals surface area contributed by atoms with Crippen LogP contribution in [0.5, 0.6) is 0 Å². The van der Waals surface area contributed by atoms with Crippen LogP contribution in [0.2, 0.25) is 0 Å². The molecular formula is C16H22N2O2S. The van der Waals surface area contributed by atoms with Crippen LogP contribution < -0.4 is 4.72 Å². The third-order valence-electron chi connectivity index (χ3n) is 4.38. The summed E-state index contributed by atoms with van der Waals surface area (Å²) in [5, 5.41) is 8.90. The molecule has 1 fully saturated rings. The molecular weight excluding hydrogens is 284 g/mol. The summed E-state index contributed by atoms with van der Waals surface area (Å²) in [6, 6.07) is 6.67. The molecule has 1 saturated carbocycles. The highest BCUT2D eigenvalue weighted by Gasteiger charge is 2.28. The van der Waals surface area contributed by atoms with Gasteiger partial charge in [-0.05, 0) is 48.9 Å². The van der Waals surface area contributed by atoms with Crippen molar-refractivity contribution in [3.8, 4) is 6.07 Å². The van der Waals surface area contributed by atoms with Crippen LogP contribution in [0.4, 0.5) is 0 Å². The maximum atomic E-state index is 12.4. The first kappa shape index (κ1) is 16.0. The van der Waals surface area contributed by atoms with Crippen LogP contribution in [0.3, 0.4) is 0 Å². The molecule has 1 N–H and O–H groups in total. The average Bonchev–Trinajstić information content (AvgIpc) is 2.46. The van der Waals surface area contributed by atoms with Crippen LogP contribution >= 0.6 is 0 Å². The fourth-order valence-corrected chi connectivity index (χ4v) is 4.15. The van der Waals surface area contributed by atoms with Gasteiger partial charge in [-0.3, -0.25) is 0 Å². The third kappa shape index (κ3) is 3.84. The van der Waals surface area contributed by atoms with E-state index in [1.165, 1.54) is 25.3 Å². The lowest BCUT2D eigenvalue weighted by Crippen LogP contribution is -2.37. The van der Waals surface area contributed by atoms with Crippen molar-refractivity contribution in [2.45, 2.75) is 50.8 Å². The number of benzene rings is 1. The molecule has 0 atom stereocenters. The van der Waals surface area contributed by atoms with E-state index in [1.807, 2.05) is 6.07 Å². The minimum absolute atomic E-state index is 0.0625. The monoisotopic (exact) mass is 306 g/mol. The first-order valence-electron chi connectivity index (χ1n) is 7.37. The summed E-state index contributed by atoms with van der Waals surface area (Å²) in [7, 11) is -3.50. The summed E-state index contributed by atoms with van der Waals surface area (Å²) in [6.07, 6.45) is 5.74. The molecule has 1 aliphatic rings. The topological polar surface area (TPSA) is 70.0 Å². The highest BCUT2D eigenvalue weighted by Crippen LogP contribution is 2.35. The van der Waals surface area contributed by atoms with Crippen molar-refractivity contribution in [3.63, 3.8) is 0 Å². The van der Waals surface area contributed by atoms with Crippen LogP contribution in [-0.4, -0.2) is 15.0 Å². The minimum Gasteiger partial charge on any atom is -0.211 e. The highest BCUT2D eigenvalue weighted by atomic mass is 32.2.